The van der Waals surface area contributed by atoms with Gasteiger partial charge in [-0.25, -0.2) is 4.79 Å². The Morgan fingerprint density at radius 3 is 2.37 bits per heavy atom. The van der Waals surface area contributed by atoms with Gasteiger partial charge in [0.2, 0.25) is 23.7 Å². The minimum Gasteiger partial charge on any atom is -0.456 e. The quantitative estimate of drug-likeness (QED) is 0.426. The van der Waals surface area contributed by atoms with Crippen LogP contribution in [0.2, 0.25) is 0 Å². The molecule has 1 aliphatic carbocycles. The molecule has 1 fully saturated rings. The lowest BCUT2D eigenvalue weighted by Gasteiger charge is -2.21. The lowest BCUT2D eigenvalue weighted by molar-refractivity contribution is -0.159. The summed E-state index contributed by atoms with van der Waals surface area (Å²) in [5, 5.41) is 0. The number of nitrogens with zero attached hydrogens (tertiary/aromatic N) is 5. The Bertz CT molecular complexity index is 783. The smallest absolute Gasteiger partial charge is 0.329 e. The molecule has 0 aromatic carbocycles. The highest BCUT2D eigenvalue weighted by atomic mass is 16.5. The summed E-state index contributed by atoms with van der Waals surface area (Å²) in [6.45, 7) is 1.25. The molecule has 0 bridgehead atoms. The lowest BCUT2D eigenvalue weighted by Crippen LogP contribution is -2.44. The molecule has 3 rings (SSSR count). The van der Waals surface area contributed by atoms with Crippen molar-refractivity contribution in [3.05, 3.63) is 18.0 Å². The average Bonchev–Trinajstić information content (AvgIpc) is 2.89. The van der Waals surface area contributed by atoms with Crippen molar-refractivity contribution in [1.29, 1.82) is 0 Å². The summed E-state index contributed by atoms with van der Waals surface area (Å²) < 4.78 is 5.21. The molecule has 0 saturated carbocycles. The van der Waals surface area contributed by atoms with Crippen LogP contribution in [0.3, 0.4) is 0 Å². The highest BCUT2D eigenvalue weighted by Gasteiger charge is 2.50. The van der Waals surface area contributed by atoms with Crippen LogP contribution in [0, 0.1) is 11.8 Å². The van der Waals surface area contributed by atoms with Gasteiger partial charge in [-0.15, -0.1) is 0 Å². The van der Waals surface area contributed by atoms with Gasteiger partial charge < -0.3 is 15.4 Å². The Morgan fingerprint density at radius 2 is 1.81 bits per heavy atom. The van der Waals surface area contributed by atoms with E-state index in [0.29, 0.717) is 18.8 Å². The fourth-order valence-electron chi connectivity index (χ4n) is 3.26. The van der Waals surface area contributed by atoms with Crippen molar-refractivity contribution < 1.29 is 19.1 Å². The van der Waals surface area contributed by atoms with Crippen molar-refractivity contribution in [1.82, 2.24) is 19.9 Å². The molecular weight excluding hydrogens is 352 g/mol. The maximum Gasteiger partial charge on any atom is 0.329 e. The van der Waals surface area contributed by atoms with E-state index >= 15 is 0 Å². The largest absolute Gasteiger partial charge is 0.456 e. The van der Waals surface area contributed by atoms with Gasteiger partial charge in [-0.3, -0.25) is 14.5 Å². The van der Waals surface area contributed by atoms with Crippen LogP contribution in [0.1, 0.15) is 25.6 Å². The maximum atomic E-state index is 12.5. The van der Waals surface area contributed by atoms with Crippen LogP contribution in [-0.2, 0) is 25.7 Å². The van der Waals surface area contributed by atoms with E-state index in [1.807, 2.05) is 12.2 Å². The summed E-state index contributed by atoms with van der Waals surface area (Å²) in [6, 6.07) is -1.01. The van der Waals surface area contributed by atoms with Gasteiger partial charge >= 0.3 is 5.97 Å². The van der Waals surface area contributed by atoms with Gasteiger partial charge in [0.15, 0.2) is 12.4 Å². The molecule has 144 valence electrons. The molecule has 0 spiro atoms. The standard InChI is InChI=1S/C17H22N6O4/c1-9(23-13(24)10-6-4-5-7-11(10)14(23)25)15(26)27-8-12-19-16(18)21-17(20-12)22(2)3/h4-5,9-11H,6-8H2,1-3H3,(H2,18,19,20,21)/t9-,10?,11?/m1/s1. The van der Waals surface area contributed by atoms with Crippen molar-refractivity contribution >= 4 is 29.7 Å². The number of aromatic nitrogens is 3. The molecule has 1 aromatic rings. The number of hydrogen-bond donors (Lipinski definition) is 1. The number of ether oxygens (including phenoxy) is 1. The van der Waals surface area contributed by atoms with Gasteiger partial charge in [-0.2, -0.15) is 15.0 Å². The van der Waals surface area contributed by atoms with Crippen LogP contribution in [0.25, 0.3) is 0 Å². The van der Waals surface area contributed by atoms with Crippen LogP contribution in [0.15, 0.2) is 12.2 Å². The van der Waals surface area contributed by atoms with Gasteiger partial charge in [0.1, 0.15) is 6.04 Å². The maximum absolute atomic E-state index is 12.5. The number of likely N-dealkylation sites (tertiary alicyclic amines) is 1. The first kappa shape index (κ1) is 18.7. The molecule has 27 heavy (non-hydrogen) atoms. The molecule has 1 saturated heterocycles. The van der Waals surface area contributed by atoms with E-state index in [4.69, 9.17) is 10.5 Å². The zero-order chi connectivity index (χ0) is 19.7. The number of amides is 2. The fraction of sp³-hybridized carbons (Fsp3) is 0.529. The molecule has 2 N–H and O–H groups in total. The molecule has 1 aromatic heterocycles. The van der Waals surface area contributed by atoms with Gasteiger partial charge in [0, 0.05) is 14.1 Å². The minimum atomic E-state index is -1.01. The van der Waals surface area contributed by atoms with Crippen LogP contribution < -0.4 is 10.6 Å². The van der Waals surface area contributed by atoms with E-state index in [-0.39, 0.29) is 42.0 Å². The fourth-order valence-corrected chi connectivity index (χ4v) is 3.26. The van der Waals surface area contributed by atoms with Crippen molar-refractivity contribution in [2.24, 2.45) is 11.8 Å². The predicted octanol–water partition coefficient (Wildman–Crippen LogP) is -0.0973. The van der Waals surface area contributed by atoms with Crippen LogP contribution in [-0.4, -0.2) is 57.8 Å². The van der Waals surface area contributed by atoms with Gasteiger partial charge in [-0.05, 0) is 19.8 Å². The predicted molar refractivity (Wildman–Crippen MR) is 95.0 cm³/mol. The summed E-state index contributed by atoms with van der Waals surface area (Å²) in [5.74, 6) is -1.58. The Balaban J connectivity index is 1.66. The molecule has 2 unspecified atom stereocenters. The second-order valence-corrected chi connectivity index (χ2v) is 6.79. The molecule has 2 aliphatic rings. The van der Waals surface area contributed by atoms with Crippen molar-refractivity contribution in [2.75, 3.05) is 24.7 Å². The highest BCUT2D eigenvalue weighted by molar-refractivity contribution is 6.08. The Morgan fingerprint density at radius 1 is 1.22 bits per heavy atom. The number of rotatable bonds is 5. The van der Waals surface area contributed by atoms with E-state index in [2.05, 4.69) is 15.0 Å². The molecule has 10 nitrogen and oxygen atoms in total. The van der Waals surface area contributed by atoms with Crippen molar-refractivity contribution in [3.8, 4) is 0 Å². The number of carbonyl (C=O) groups excluding carboxylic acids is 3. The summed E-state index contributed by atoms with van der Waals surface area (Å²) >= 11 is 0. The molecule has 2 amide bonds. The van der Waals surface area contributed by atoms with Gasteiger partial charge in [0.25, 0.3) is 0 Å². The zero-order valence-corrected chi connectivity index (χ0v) is 15.5. The third-order valence-electron chi connectivity index (χ3n) is 4.70. The summed E-state index contributed by atoms with van der Waals surface area (Å²) in [4.78, 5) is 52.2. The number of anilines is 2. The molecular formula is C17H22N6O4. The van der Waals surface area contributed by atoms with Crippen molar-refractivity contribution in [2.45, 2.75) is 32.4 Å². The molecule has 2 heterocycles. The Hall–Kier alpha value is -3.04. The summed E-state index contributed by atoms with van der Waals surface area (Å²) in [7, 11) is 3.48. The molecule has 0 radical (unpaired) electrons. The number of fused-ring (bicyclic) bond motifs is 1. The first-order chi connectivity index (χ1) is 12.8. The highest BCUT2D eigenvalue weighted by Crippen LogP contribution is 2.36. The lowest BCUT2D eigenvalue weighted by atomic mass is 9.85. The van der Waals surface area contributed by atoms with E-state index in [0.717, 1.165) is 4.90 Å². The van der Waals surface area contributed by atoms with Crippen LogP contribution in [0.4, 0.5) is 11.9 Å². The van der Waals surface area contributed by atoms with Crippen LogP contribution >= 0.6 is 0 Å². The Labute approximate surface area is 156 Å². The van der Waals surface area contributed by atoms with Crippen LogP contribution in [0.5, 0.6) is 0 Å². The first-order valence-corrected chi connectivity index (χ1v) is 8.66. The second-order valence-electron chi connectivity index (χ2n) is 6.79. The number of allylic oxidation sites excluding steroid dienone is 2. The monoisotopic (exact) mass is 374 g/mol. The SMILES string of the molecule is C[C@H](C(=O)OCc1nc(N)nc(N(C)C)n1)N1C(=O)C2CC=CCC2C1=O. The first-order valence-electron chi connectivity index (χ1n) is 8.66. The molecule has 1 aliphatic heterocycles. The number of esters is 1. The topological polar surface area (TPSA) is 132 Å². The number of hydrogen-bond acceptors (Lipinski definition) is 9. The van der Waals surface area contributed by atoms with E-state index in [1.165, 1.54) is 6.92 Å². The van der Waals surface area contributed by atoms with E-state index in [9.17, 15) is 14.4 Å². The second kappa shape index (κ2) is 7.29. The number of nitrogen functional groups attached to an aromatic ring is 1. The summed E-state index contributed by atoms with van der Waals surface area (Å²) in [6.07, 6.45) is 4.83. The molecule has 10 heteroatoms. The number of imide groups is 1. The van der Waals surface area contributed by atoms with Gasteiger partial charge in [-0.1, -0.05) is 12.2 Å². The summed E-state index contributed by atoms with van der Waals surface area (Å²) in [5.41, 5.74) is 5.63. The minimum absolute atomic E-state index is 0.00858. The van der Waals surface area contributed by atoms with E-state index in [1.54, 1.807) is 19.0 Å². The number of nitrogens with two attached hydrogens (primary N) is 1. The van der Waals surface area contributed by atoms with Crippen molar-refractivity contribution in [3.63, 3.8) is 0 Å². The third kappa shape index (κ3) is 3.60. The van der Waals surface area contributed by atoms with E-state index < -0.39 is 12.0 Å². The van der Waals surface area contributed by atoms with Gasteiger partial charge in [0.05, 0.1) is 11.8 Å². The molecule has 3 atom stereocenters. The zero-order valence-electron chi connectivity index (χ0n) is 15.5. The Kier molecular flexibility index (Phi) is 5.06. The normalized spacial score (nSPS) is 22.6. The third-order valence-corrected chi connectivity index (χ3v) is 4.70. The average molecular weight is 374 g/mol. The number of carbonyl (C=O) groups is 3.